The summed E-state index contributed by atoms with van der Waals surface area (Å²) in [6, 6.07) is 10.1. The van der Waals surface area contributed by atoms with Crippen LogP contribution in [0.1, 0.15) is 18.1 Å². The smallest absolute Gasteiger partial charge is 0.262 e. The van der Waals surface area contributed by atoms with Crippen LogP contribution in [-0.2, 0) is 4.79 Å². The van der Waals surface area contributed by atoms with Crippen LogP contribution < -0.4 is 10.7 Å². The van der Waals surface area contributed by atoms with Gasteiger partial charge in [0.15, 0.2) is 0 Å². The van der Waals surface area contributed by atoms with Crippen LogP contribution in [0.25, 0.3) is 0 Å². The van der Waals surface area contributed by atoms with E-state index in [0.717, 1.165) is 14.8 Å². The second-order valence-electron chi connectivity index (χ2n) is 5.26. The fourth-order valence-corrected chi connectivity index (χ4v) is 2.81. The number of phenols is 1. The zero-order valence-electron chi connectivity index (χ0n) is 13.2. The van der Waals surface area contributed by atoms with Gasteiger partial charge >= 0.3 is 0 Å². The molecular weight excluding hydrogens is 441 g/mol. The van der Waals surface area contributed by atoms with Crippen molar-refractivity contribution in [2.45, 2.75) is 19.9 Å². The minimum Gasteiger partial charge on any atom is -0.507 e. The van der Waals surface area contributed by atoms with Crippen molar-refractivity contribution >= 4 is 52.0 Å². The summed E-state index contributed by atoms with van der Waals surface area (Å²) in [5.41, 5.74) is 4.83. The molecule has 0 heterocycles. The van der Waals surface area contributed by atoms with Crippen LogP contribution in [0.15, 0.2) is 41.5 Å². The normalized spacial score (nSPS) is 12.2. The second-order valence-corrected chi connectivity index (χ2v) is 6.94. The lowest BCUT2D eigenvalue weighted by atomic mass is 10.2. The fourth-order valence-electron chi connectivity index (χ4n) is 1.98. The number of rotatable bonds is 5. The molecule has 2 rings (SSSR count). The number of nitrogens with one attached hydrogen (secondary N) is 2. The van der Waals surface area contributed by atoms with Crippen molar-refractivity contribution in [1.82, 2.24) is 5.43 Å². The zero-order chi connectivity index (χ0) is 17.7. The number of phenolic OH excluding ortho intramolecular Hbond substituents is 1. The molecule has 5 nitrogen and oxygen atoms in total. The maximum absolute atomic E-state index is 12.1. The van der Waals surface area contributed by atoms with Gasteiger partial charge in [0.1, 0.15) is 11.8 Å². The van der Waals surface area contributed by atoms with Crippen molar-refractivity contribution in [1.29, 1.82) is 0 Å². The Labute approximate surface area is 159 Å². The van der Waals surface area contributed by atoms with Crippen molar-refractivity contribution < 1.29 is 9.90 Å². The first-order valence-corrected chi connectivity index (χ1v) is 8.66. The Morgan fingerprint density at radius 2 is 2.08 bits per heavy atom. The third kappa shape index (κ3) is 5.10. The van der Waals surface area contributed by atoms with E-state index in [2.05, 4.69) is 38.4 Å². The third-order valence-corrected chi connectivity index (χ3v) is 4.23. The van der Waals surface area contributed by atoms with E-state index in [1.807, 2.05) is 25.1 Å². The molecule has 7 heteroatoms. The molecule has 3 N–H and O–H groups in total. The predicted molar refractivity (Wildman–Crippen MR) is 106 cm³/mol. The molecule has 1 atom stereocenters. The summed E-state index contributed by atoms with van der Waals surface area (Å²) in [6.45, 7) is 3.73. The van der Waals surface area contributed by atoms with E-state index in [4.69, 9.17) is 11.6 Å². The number of aryl methyl sites for hydroxylation is 1. The Morgan fingerprint density at radius 1 is 1.33 bits per heavy atom. The molecule has 2 aromatic rings. The second kappa shape index (κ2) is 8.34. The number of amides is 1. The Balaban J connectivity index is 1.96. The molecule has 0 aliphatic heterocycles. The number of carbonyl (C=O) groups excluding carboxylic acids is 1. The van der Waals surface area contributed by atoms with Crippen LogP contribution in [0.5, 0.6) is 5.75 Å². The van der Waals surface area contributed by atoms with Crippen molar-refractivity contribution in [3.63, 3.8) is 0 Å². The molecule has 1 amide bonds. The van der Waals surface area contributed by atoms with Gasteiger partial charge in [-0.3, -0.25) is 4.79 Å². The van der Waals surface area contributed by atoms with Crippen molar-refractivity contribution in [2.24, 2.45) is 5.10 Å². The van der Waals surface area contributed by atoms with Crippen LogP contribution in [-0.4, -0.2) is 23.3 Å². The van der Waals surface area contributed by atoms with E-state index in [-0.39, 0.29) is 11.7 Å². The van der Waals surface area contributed by atoms with Gasteiger partial charge in [-0.25, -0.2) is 5.43 Å². The van der Waals surface area contributed by atoms with Crippen molar-refractivity contribution in [3.05, 3.63) is 56.1 Å². The number of benzene rings is 2. The Kier molecular flexibility index (Phi) is 6.44. The summed E-state index contributed by atoms with van der Waals surface area (Å²) in [7, 11) is 0. The number of hydrogen-bond acceptors (Lipinski definition) is 4. The third-order valence-electron chi connectivity index (χ3n) is 3.32. The lowest BCUT2D eigenvalue weighted by Gasteiger charge is -2.15. The highest BCUT2D eigenvalue weighted by Crippen LogP contribution is 2.20. The van der Waals surface area contributed by atoms with Gasteiger partial charge in [0.05, 0.1) is 6.21 Å². The monoisotopic (exact) mass is 457 g/mol. The molecule has 2 aromatic carbocycles. The molecule has 0 spiro atoms. The number of anilines is 1. The molecule has 0 radical (unpaired) electrons. The van der Waals surface area contributed by atoms with E-state index >= 15 is 0 Å². The molecule has 0 aromatic heterocycles. The van der Waals surface area contributed by atoms with Gasteiger partial charge in [0, 0.05) is 19.8 Å². The summed E-state index contributed by atoms with van der Waals surface area (Å²) in [5.74, 6) is -0.246. The predicted octanol–water partition coefficient (Wildman–Crippen LogP) is 3.91. The first-order valence-electron chi connectivity index (χ1n) is 7.21. The summed E-state index contributed by atoms with van der Waals surface area (Å²) in [6.07, 6.45) is 1.35. The summed E-state index contributed by atoms with van der Waals surface area (Å²) in [4.78, 5) is 12.1. The highest BCUT2D eigenvalue weighted by atomic mass is 127. The van der Waals surface area contributed by atoms with E-state index < -0.39 is 6.04 Å². The van der Waals surface area contributed by atoms with E-state index in [0.29, 0.717) is 10.6 Å². The van der Waals surface area contributed by atoms with Gasteiger partial charge in [-0.1, -0.05) is 11.6 Å². The van der Waals surface area contributed by atoms with Gasteiger partial charge < -0.3 is 10.4 Å². The fraction of sp³-hybridized carbons (Fsp3) is 0.176. The zero-order valence-corrected chi connectivity index (χ0v) is 16.1. The largest absolute Gasteiger partial charge is 0.507 e. The van der Waals surface area contributed by atoms with Crippen LogP contribution in [0.3, 0.4) is 0 Å². The van der Waals surface area contributed by atoms with Gasteiger partial charge in [0.25, 0.3) is 5.91 Å². The van der Waals surface area contributed by atoms with Crippen molar-refractivity contribution in [2.75, 3.05) is 5.32 Å². The van der Waals surface area contributed by atoms with Gasteiger partial charge in [-0.15, -0.1) is 0 Å². The Bertz CT molecular complexity index is 780. The molecule has 0 aliphatic rings. The Morgan fingerprint density at radius 3 is 2.79 bits per heavy atom. The molecule has 24 heavy (non-hydrogen) atoms. The molecule has 0 saturated carbocycles. The van der Waals surface area contributed by atoms with E-state index in [9.17, 15) is 9.90 Å². The van der Waals surface area contributed by atoms with Gasteiger partial charge in [-0.2, -0.15) is 5.10 Å². The number of halogens is 2. The highest BCUT2D eigenvalue weighted by Gasteiger charge is 2.12. The summed E-state index contributed by atoms with van der Waals surface area (Å²) < 4.78 is 1.14. The summed E-state index contributed by atoms with van der Waals surface area (Å²) >= 11 is 8.10. The lowest BCUT2D eigenvalue weighted by Crippen LogP contribution is -2.35. The first kappa shape index (κ1) is 18.5. The maximum atomic E-state index is 12.1. The van der Waals surface area contributed by atoms with E-state index in [1.165, 1.54) is 12.3 Å². The minimum absolute atomic E-state index is 0.0399. The quantitative estimate of drug-likeness (QED) is 0.362. The molecule has 0 bridgehead atoms. The molecular formula is C17H17ClIN3O2. The number of aromatic hydroxyl groups is 1. The van der Waals surface area contributed by atoms with Crippen LogP contribution in [0.2, 0.25) is 5.02 Å². The molecule has 0 aliphatic carbocycles. The lowest BCUT2D eigenvalue weighted by molar-refractivity contribution is -0.121. The molecule has 0 unspecified atom stereocenters. The van der Waals surface area contributed by atoms with Crippen molar-refractivity contribution in [3.8, 4) is 5.75 Å². The molecule has 0 saturated heterocycles. The average Bonchev–Trinajstić information content (AvgIpc) is 2.53. The average molecular weight is 458 g/mol. The summed E-state index contributed by atoms with van der Waals surface area (Å²) in [5, 5.41) is 17.2. The standard InChI is InChI=1S/C17H17ClIN3O2/c1-10-7-14(19)4-5-15(10)21-11(2)17(24)22-20-9-12-8-13(18)3-6-16(12)23/h3-9,11,21,23H,1-2H3,(H,22,24)/b20-9-/t11-/m0/s1. The number of nitrogens with zero attached hydrogens (tertiary/aromatic N) is 1. The Hall–Kier alpha value is -1.80. The van der Waals surface area contributed by atoms with Crippen LogP contribution in [0, 0.1) is 10.5 Å². The number of hydrazone groups is 1. The van der Waals surface area contributed by atoms with Crippen LogP contribution >= 0.6 is 34.2 Å². The van der Waals surface area contributed by atoms with Crippen LogP contribution in [0.4, 0.5) is 5.69 Å². The first-order chi connectivity index (χ1) is 11.4. The molecule has 126 valence electrons. The maximum Gasteiger partial charge on any atom is 0.262 e. The topological polar surface area (TPSA) is 73.7 Å². The minimum atomic E-state index is -0.464. The number of hydrogen-bond donors (Lipinski definition) is 3. The SMILES string of the molecule is Cc1cc(I)ccc1N[C@@H](C)C(=O)N/N=C\c1cc(Cl)ccc1O. The highest BCUT2D eigenvalue weighted by molar-refractivity contribution is 14.1. The molecule has 0 fully saturated rings. The number of carbonyl (C=O) groups is 1. The van der Waals surface area contributed by atoms with E-state index in [1.54, 1.807) is 19.1 Å². The van der Waals surface area contributed by atoms with Gasteiger partial charge in [-0.05, 0) is 78.4 Å². The van der Waals surface area contributed by atoms with Gasteiger partial charge in [0.2, 0.25) is 0 Å².